The Kier molecular flexibility index (Phi) is 5.28. The highest BCUT2D eigenvalue weighted by molar-refractivity contribution is 5.96. The van der Waals surface area contributed by atoms with E-state index in [0.717, 1.165) is 18.2 Å². The second-order valence-corrected chi connectivity index (χ2v) is 3.54. The summed E-state index contributed by atoms with van der Waals surface area (Å²) in [5, 5.41) is 0. The highest BCUT2D eigenvalue weighted by Gasteiger charge is 2.33. The van der Waals surface area contributed by atoms with Crippen molar-refractivity contribution in [1.82, 2.24) is 0 Å². The molecule has 108 valence electrons. The molecular weight excluding hydrogens is 279 g/mol. The zero-order chi connectivity index (χ0) is 15.2. The normalized spacial score (nSPS) is 10.6. The SMILES string of the molecule is CCCOC(=O)c1cccc(OC(F)(F)F)c1N=C=O. The van der Waals surface area contributed by atoms with Gasteiger partial charge in [-0.1, -0.05) is 13.0 Å². The van der Waals surface area contributed by atoms with Crippen molar-refractivity contribution in [2.45, 2.75) is 19.7 Å². The fraction of sp³-hybridized carbons (Fsp3) is 0.333. The molecule has 8 heteroatoms. The van der Waals surface area contributed by atoms with Gasteiger partial charge in [0.1, 0.15) is 5.69 Å². The summed E-state index contributed by atoms with van der Waals surface area (Å²) in [6.07, 6.45) is -3.35. The smallest absolute Gasteiger partial charge is 0.462 e. The van der Waals surface area contributed by atoms with Crippen LogP contribution in [0.25, 0.3) is 0 Å². The van der Waals surface area contributed by atoms with Crippen molar-refractivity contribution in [3.05, 3.63) is 23.8 Å². The minimum atomic E-state index is -4.97. The minimum absolute atomic E-state index is 0.0907. The van der Waals surface area contributed by atoms with Crippen LogP contribution in [-0.4, -0.2) is 25.0 Å². The maximum absolute atomic E-state index is 12.2. The molecule has 0 N–H and O–H groups in total. The minimum Gasteiger partial charge on any atom is -0.462 e. The van der Waals surface area contributed by atoms with Crippen LogP contribution in [0.4, 0.5) is 18.9 Å². The van der Waals surface area contributed by atoms with Gasteiger partial charge in [-0.2, -0.15) is 4.99 Å². The number of alkyl halides is 3. The Bertz CT molecular complexity index is 536. The lowest BCUT2D eigenvalue weighted by molar-refractivity contribution is -0.274. The van der Waals surface area contributed by atoms with Crippen LogP contribution >= 0.6 is 0 Å². The van der Waals surface area contributed by atoms with Gasteiger partial charge in [-0.15, -0.1) is 13.2 Å². The third-order valence-corrected chi connectivity index (χ3v) is 2.04. The van der Waals surface area contributed by atoms with E-state index in [1.165, 1.54) is 6.07 Å². The van der Waals surface area contributed by atoms with E-state index in [2.05, 4.69) is 9.73 Å². The molecule has 0 saturated heterocycles. The second-order valence-electron chi connectivity index (χ2n) is 3.54. The average molecular weight is 289 g/mol. The van der Waals surface area contributed by atoms with E-state index in [0.29, 0.717) is 6.42 Å². The fourth-order valence-electron chi connectivity index (χ4n) is 1.33. The standard InChI is InChI=1S/C12H10F3NO4/c1-2-6-19-11(18)8-4-3-5-9(10(8)16-7-17)20-12(13,14)15/h3-5H,2,6H2,1H3. The molecule has 0 heterocycles. The molecule has 0 unspecified atom stereocenters. The molecule has 1 aromatic carbocycles. The molecule has 0 atom stereocenters. The molecule has 5 nitrogen and oxygen atoms in total. The monoisotopic (exact) mass is 289 g/mol. The van der Waals surface area contributed by atoms with Crippen LogP contribution in [-0.2, 0) is 9.53 Å². The number of ether oxygens (including phenoxy) is 2. The lowest BCUT2D eigenvalue weighted by atomic mass is 10.1. The first-order valence-corrected chi connectivity index (χ1v) is 5.52. The van der Waals surface area contributed by atoms with E-state index in [9.17, 15) is 22.8 Å². The van der Waals surface area contributed by atoms with Crippen molar-refractivity contribution in [3.8, 4) is 5.75 Å². The highest BCUT2D eigenvalue weighted by atomic mass is 19.4. The number of rotatable bonds is 5. The summed E-state index contributed by atoms with van der Waals surface area (Å²) in [4.78, 5) is 25.1. The van der Waals surface area contributed by atoms with Crippen molar-refractivity contribution in [2.75, 3.05) is 6.61 Å². The molecule has 0 aliphatic heterocycles. The molecule has 1 rings (SSSR count). The zero-order valence-electron chi connectivity index (χ0n) is 10.4. The van der Waals surface area contributed by atoms with Gasteiger partial charge in [0, 0.05) is 0 Å². The van der Waals surface area contributed by atoms with Crippen LogP contribution in [0.5, 0.6) is 5.75 Å². The van der Waals surface area contributed by atoms with E-state index in [4.69, 9.17) is 4.74 Å². The number of nitrogens with zero attached hydrogens (tertiary/aromatic N) is 1. The maximum Gasteiger partial charge on any atom is 0.573 e. The Labute approximate surface area is 112 Å². The number of hydrogen-bond donors (Lipinski definition) is 0. The van der Waals surface area contributed by atoms with Crippen LogP contribution in [0.3, 0.4) is 0 Å². The van der Waals surface area contributed by atoms with Gasteiger partial charge < -0.3 is 9.47 Å². The Morgan fingerprint density at radius 3 is 2.65 bits per heavy atom. The molecule has 0 aromatic heterocycles. The number of esters is 1. The molecule has 0 fully saturated rings. The number of hydrogen-bond acceptors (Lipinski definition) is 5. The maximum atomic E-state index is 12.2. The molecule has 0 aliphatic rings. The van der Waals surface area contributed by atoms with Gasteiger partial charge in [0.25, 0.3) is 0 Å². The number of halogens is 3. The molecule has 20 heavy (non-hydrogen) atoms. The topological polar surface area (TPSA) is 65.0 Å². The predicted molar refractivity (Wildman–Crippen MR) is 61.5 cm³/mol. The second kappa shape index (κ2) is 6.72. The summed E-state index contributed by atoms with van der Waals surface area (Å²) in [7, 11) is 0. The molecule has 0 aliphatic carbocycles. The van der Waals surface area contributed by atoms with Gasteiger partial charge in [0.2, 0.25) is 6.08 Å². The lowest BCUT2D eigenvalue weighted by Crippen LogP contribution is -2.18. The summed E-state index contributed by atoms with van der Waals surface area (Å²) in [5.41, 5.74) is -0.871. The first-order chi connectivity index (χ1) is 9.39. The Morgan fingerprint density at radius 1 is 1.40 bits per heavy atom. The van der Waals surface area contributed by atoms with Crippen LogP contribution in [0.1, 0.15) is 23.7 Å². The molecule has 0 saturated carbocycles. The Balaban J connectivity index is 3.21. The Morgan fingerprint density at radius 2 is 2.10 bits per heavy atom. The number of carbonyl (C=O) groups is 1. The molecular formula is C12H10F3NO4. The van der Waals surface area contributed by atoms with Crippen molar-refractivity contribution in [3.63, 3.8) is 0 Å². The highest BCUT2D eigenvalue weighted by Crippen LogP contribution is 2.35. The van der Waals surface area contributed by atoms with Crippen LogP contribution in [0.2, 0.25) is 0 Å². The third kappa shape index (κ3) is 4.40. The average Bonchev–Trinajstić information content (AvgIpc) is 2.36. The summed E-state index contributed by atoms with van der Waals surface area (Å²) >= 11 is 0. The number of isocyanates is 1. The van der Waals surface area contributed by atoms with Gasteiger partial charge in [-0.25, -0.2) is 9.59 Å². The van der Waals surface area contributed by atoms with E-state index in [1.807, 2.05) is 0 Å². The molecule has 0 amide bonds. The van der Waals surface area contributed by atoms with Crippen LogP contribution in [0.15, 0.2) is 23.2 Å². The van der Waals surface area contributed by atoms with E-state index >= 15 is 0 Å². The fourth-order valence-corrected chi connectivity index (χ4v) is 1.33. The largest absolute Gasteiger partial charge is 0.573 e. The van der Waals surface area contributed by atoms with Crippen LogP contribution < -0.4 is 4.74 Å². The summed E-state index contributed by atoms with van der Waals surface area (Å²) in [5.74, 6) is -1.67. The summed E-state index contributed by atoms with van der Waals surface area (Å²) in [6, 6.07) is 3.27. The van der Waals surface area contributed by atoms with Gasteiger partial charge in [-0.05, 0) is 18.6 Å². The number of aliphatic imine (C=N–C) groups is 1. The van der Waals surface area contributed by atoms with Gasteiger partial charge in [-0.3, -0.25) is 0 Å². The number of benzene rings is 1. The van der Waals surface area contributed by atoms with E-state index < -0.39 is 23.8 Å². The van der Waals surface area contributed by atoms with E-state index in [-0.39, 0.29) is 12.2 Å². The molecule has 0 bridgehead atoms. The van der Waals surface area contributed by atoms with Crippen LogP contribution in [0, 0.1) is 0 Å². The quantitative estimate of drug-likeness (QED) is 0.474. The first-order valence-electron chi connectivity index (χ1n) is 5.52. The number of para-hydroxylation sites is 1. The zero-order valence-corrected chi connectivity index (χ0v) is 10.4. The van der Waals surface area contributed by atoms with E-state index in [1.54, 1.807) is 6.92 Å². The van der Waals surface area contributed by atoms with Crippen molar-refractivity contribution < 1.29 is 32.2 Å². The lowest BCUT2D eigenvalue weighted by Gasteiger charge is -2.12. The van der Waals surface area contributed by atoms with Crippen molar-refractivity contribution in [2.24, 2.45) is 4.99 Å². The summed E-state index contributed by atoms with van der Waals surface area (Å²) < 4.78 is 45.1. The Hall–Kier alpha value is -2.34. The van der Waals surface area contributed by atoms with Gasteiger partial charge in [0.05, 0.1) is 12.2 Å². The van der Waals surface area contributed by atoms with Gasteiger partial charge >= 0.3 is 12.3 Å². The first kappa shape index (κ1) is 15.7. The molecule has 1 aromatic rings. The molecule has 0 spiro atoms. The number of carbonyl (C=O) groups excluding carboxylic acids is 2. The van der Waals surface area contributed by atoms with Gasteiger partial charge in [0.15, 0.2) is 5.75 Å². The molecule has 0 radical (unpaired) electrons. The summed E-state index contributed by atoms with van der Waals surface area (Å²) in [6.45, 7) is 1.84. The van der Waals surface area contributed by atoms with Crippen molar-refractivity contribution in [1.29, 1.82) is 0 Å². The predicted octanol–water partition coefficient (Wildman–Crippen LogP) is 3.12. The third-order valence-electron chi connectivity index (χ3n) is 2.04. The van der Waals surface area contributed by atoms with Crippen molar-refractivity contribution >= 4 is 17.7 Å².